The van der Waals surface area contributed by atoms with Crippen molar-refractivity contribution in [3.05, 3.63) is 35.5 Å². The van der Waals surface area contributed by atoms with Gasteiger partial charge in [0.15, 0.2) is 0 Å². The first-order valence-electron chi connectivity index (χ1n) is 8.08. The first-order valence-corrected chi connectivity index (χ1v) is 8.08. The molecule has 0 fully saturated rings. The third-order valence-electron chi connectivity index (χ3n) is 4.02. The second-order valence-electron chi connectivity index (χ2n) is 5.82. The number of aromatic nitrogens is 1. The van der Waals surface area contributed by atoms with Gasteiger partial charge in [-0.25, -0.2) is 0 Å². The van der Waals surface area contributed by atoms with Gasteiger partial charge in [0.25, 0.3) is 0 Å². The number of aliphatic carboxylic acids is 2. The van der Waals surface area contributed by atoms with Gasteiger partial charge in [0.2, 0.25) is 0 Å². The highest BCUT2D eigenvalue weighted by Crippen LogP contribution is 2.30. The lowest BCUT2D eigenvalue weighted by atomic mass is 10.0. The Bertz CT molecular complexity index is 729. The van der Waals surface area contributed by atoms with Gasteiger partial charge in [-0.3, -0.25) is 14.6 Å². The summed E-state index contributed by atoms with van der Waals surface area (Å²) in [6.07, 6.45) is 5.38. The maximum absolute atomic E-state index is 9.64. The highest BCUT2D eigenvalue weighted by Gasteiger charge is 2.14. The Kier molecular flexibility index (Phi) is 6.12. The molecule has 0 spiro atoms. The van der Waals surface area contributed by atoms with Crippen LogP contribution in [0.4, 0.5) is 5.69 Å². The molecule has 1 aliphatic carbocycles. The molecule has 6 heteroatoms. The Morgan fingerprint density at radius 2 is 1.62 bits per heavy atom. The lowest BCUT2D eigenvalue weighted by Gasteiger charge is -2.11. The second kappa shape index (κ2) is 8.29. The van der Waals surface area contributed by atoms with Crippen LogP contribution in [0.25, 0.3) is 10.9 Å². The molecule has 0 bridgehead atoms. The zero-order chi connectivity index (χ0) is 17.5. The number of carboxylic acids is 2. The van der Waals surface area contributed by atoms with E-state index in [0.717, 1.165) is 29.4 Å². The van der Waals surface area contributed by atoms with Gasteiger partial charge in [-0.1, -0.05) is 24.6 Å². The maximum Gasteiger partial charge on any atom is 0.303 e. The fourth-order valence-corrected chi connectivity index (χ4v) is 2.80. The van der Waals surface area contributed by atoms with Crippen LogP contribution in [0.5, 0.6) is 0 Å². The smallest absolute Gasteiger partial charge is 0.303 e. The molecule has 1 aliphatic rings. The summed E-state index contributed by atoms with van der Waals surface area (Å²) in [5, 5.41) is 16.9. The van der Waals surface area contributed by atoms with Crippen molar-refractivity contribution >= 4 is 28.5 Å². The summed E-state index contributed by atoms with van der Waals surface area (Å²) in [6.45, 7) is 0. The van der Waals surface area contributed by atoms with Crippen LogP contribution in [0, 0.1) is 0 Å². The lowest BCUT2D eigenvalue weighted by Crippen LogP contribution is -2.02. The highest BCUT2D eigenvalue weighted by molar-refractivity contribution is 5.92. The summed E-state index contributed by atoms with van der Waals surface area (Å²) in [4.78, 5) is 24.0. The highest BCUT2D eigenvalue weighted by atomic mass is 16.4. The number of hydrogen-bond acceptors (Lipinski definition) is 4. The fourth-order valence-electron chi connectivity index (χ4n) is 2.80. The van der Waals surface area contributed by atoms with Crippen LogP contribution in [0.2, 0.25) is 0 Å². The molecule has 0 radical (unpaired) electrons. The van der Waals surface area contributed by atoms with E-state index < -0.39 is 11.9 Å². The van der Waals surface area contributed by atoms with E-state index in [4.69, 9.17) is 20.9 Å². The number of nitrogens with zero attached hydrogens (tertiary/aromatic N) is 1. The summed E-state index contributed by atoms with van der Waals surface area (Å²) in [5.74, 6) is -2.15. The van der Waals surface area contributed by atoms with E-state index in [9.17, 15) is 9.59 Å². The predicted molar refractivity (Wildman–Crippen MR) is 91.9 cm³/mol. The minimum absolute atomic E-state index is 0.296. The molecule has 1 aromatic carbocycles. The quantitative estimate of drug-likeness (QED) is 0.745. The van der Waals surface area contributed by atoms with Crippen molar-refractivity contribution < 1.29 is 19.8 Å². The number of aryl methyl sites for hydroxylation is 1. The Balaban J connectivity index is 0.000000224. The van der Waals surface area contributed by atoms with E-state index in [1.54, 1.807) is 0 Å². The van der Waals surface area contributed by atoms with Gasteiger partial charge in [0.05, 0.1) is 18.4 Å². The van der Waals surface area contributed by atoms with Crippen LogP contribution in [-0.4, -0.2) is 27.1 Å². The number of fused-ring (bicyclic) bond motifs is 2. The van der Waals surface area contributed by atoms with Crippen LogP contribution in [0.1, 0.15) is 43.4 Å². The predicted octanol–water partition coefficient (Wildman–Crippen LogP) is 3.02. The molecule has 2 aromatic rings. The lowest BCUT2D eigenvalue weighted by molar-refractivity contribution is -0.143. The van der Waals surface area contributed by atoms with E-state index >= 15 is 0 Å². The minimum atomic E-state index is -1.08. The second-order valence-corrected chi connectivity index (χ2v) is 5.82. The van der Waals surface area contributed by atoms with E-state index in [1.165, 1.54) is 30.5 Å². The van der Waals surface area contributed by atoms with Gasteiger partial charge in [0, 0.05) is 16.8 Å². The number of pyridine rings is 1. The van der Waals surface area contributed by atoms with Crippen LogP contribution >= 0.6 is 0 Å². The Hall–Kier alpha value is -2.63. The number of hydrogen-bond donors (Lipinski definition) is 3. The van der Waals surface area contributed by atoms with Gasteiger partial charge >= 0.3 is 11.9 Å². The molecule has 6 nitrogen and oxygen atoms in total. The van der Waals surface area contributed by atoms with Gasteiger partial charge in [-0.15, -0.1) is 0 Å². The van der Waals surface area contributed by atoms with Crippen molar-refractivity contribution in [1.29, 1.82) is 0 Å². The van der Waals surface area contributed by atoms with Crippen LogP contribution in [0.3, 0.4) is 0 Å². The number of para-hydroxylation sites is 1. The van der Waals surface area contributed by atoms with E-state index in [0.29, 0.717) is 0 Å². The molecule has 1 aromatic heterocycles. The summed E-state index contributed by atoms with van der Waals surface area (Å²) < 4.78 is 0. The zero-order valence-corrected chi connectivity index (χ0v) is 13.5. The minimum Gasteiger partial charge on any atom is -0.481 e. The van der Waals surface area contributed by atoms with Crippen molar-refractivity contribution in [3.8, 4) is 0 Å². The molecule has 3 rings (SSSR count). The van der Waals surface area contributed by atoms with Crippen LogP contribution < -0.4 is 5.73 Å². The molecule has 0 amide bonds. The molecule has 4 N–H and O–H groups in total. The number of benzene rings is 1. The SMILES string of the molecule is Nc1c2c(nc3ccccc13)CCCCC2.O=C(O)CCC(=O)O. The summed E-state index contributed by atoms with van der Waals surface area (Å²) in [5.41, 5.74) is 10.8. The number of rotatable bonds is 3. The normalized spacial score (nSPS) is 13.3. The molecule has 0 unspecified atom stereocenters. The molecular formula is C18H22N2O4. The van der Waals surface area contributed by atoms with Gasteiger partial charge < -0.3 is 15.9 Å². The van der Waals surface area contributed by atoms with Gasteiger partial charge in [-0.2, -0.15) is 0 Å². The van der Waals surface area contributed by atoms with E-state index in [1.807, 2.05) is 12.1 Å². The van der Waals surface area contributed by atoms with Crippen molar-refractivity contribution in [2.75, 3.05) is 5.73 Å². The first-order chi connectivity index (χ1) is 11.5. The molecule has 0 aliphatic heterocycles. The molecule has 1 heterocycles. The molecule has 128 valence electrons. The molecule has 24 heavy (non-hydrogen) atoms. The zero-order valence-electron chi connectivity index (χ0n) is 13.5. The number of carbonyl (C=O) groups is 2. The number of carboxylic acid groups (broad SMARTS) is 2. The monoisotopic (exact) mass is 330 g/mol. The van der Waals surface area contributed by atoms with Gasteiger partial charge in [-0.05, 0) is 37.3 Å². The molecule has 0 saturated carbocycles. The van der Waals surface area contributed by atoms with Gasteiger partial charge in [0.1, 0.15) is 0 Å². The third-order valence-corrected chi connectivity index (χ3v) is 4.02. The number of anilines is 1. The standard InChI is InChI=1S/C14H16N2.C4H6O4/c15-14-10-6-2-1-3-8-12(10)16-13-9-5-4-7-11(13)14;5-3(6)1-2-4(7)8/h4-5,7,9H,1-3,6,8H2,(H2,15,16);1-2H2,(H,5,6)(H,7,8). The van der Waals surface area contributed by atoms with E-state index in [2.05, 4.69) is 12.1 Å². The fraction of sp³-hybridized carbons (Fsp3) is 0.389. The molecule has 0 saturated heterocycles. The van der Waals surface area contributed by atoms with E-state index in [-0.39, 0.29) is 12.8 Å². The Morgan fingerprint density at radius 1 is 1.00 bits per heavy atom. The average Bonchev–Trinajstić information content (AvgIpc) is 2.79. The van der Waals surface area contributed by atoms with Crippen molar-refractivity contribution in [2.24, 2.45) is 0 Å². The first kappa shape index (κ1) is 17.7. The third kappa shape index (κ3) is 4.68. The molecule has 0 atom stereocenters. The number of nitrogens with two attached hydrogens (primary N) is 1. The van der Waals surface area contributed by atoms with Crippen LogP contribution in [-0.2, 0) is 22.4 Å². The summed E-state index contributed by atoms with van der Waals surface area (Å²) in [7, 11) is 0. The van der Waals surface area contributed by atoms with Crippen LogP contribution in [0.15, 0.2) is 24.3 Å². The average molecular weight is 330 g/mol. The van der Waals surface area contributed by atoms with Crippen molar-refractivity contribution in [3.63, 3.8) is 0 Å². The summed E-state index contributed by atoms with van der Waals surface area (Å²) >= 11 is 0. The number of nitrogen functional groups attached to an aromatic ring is 1. The summed E-state index contributed by atoms with van der Waals surface area (Å²) in [6, 6.07) is 8.18. The van der Waals surface area contributed by atoms with Crippen molar-refractivity contribution in [1.82, 2.24) is 4.98 Å². The Morgan fingerprint density at radius 3 is 2.29 bits per heavy atom. The largest absolute Gasteiger partial charge is 0.481 e. The topological polar surface area (TPSA) is 114 Å². The Labute approximate surface area is 140 Å². The maximum atomic E-state index is 9.64. The molecular weight excluding hydrogens is 308 g/mol. The van der Waals surface area contributed by atoms with Crippen molar-refractivity contribution in [2.45, 2.75) is 44.9 Å².